The van der Waals surface area contributed by atoms with Gasteiger partial charge in [-0.15, -0.1) is 16.4 Å². The van der Waals surface area contributed by atoms with Crippen LogP contribution >= 0.6 is 22.9 Å². The van der Waals surface area contributed by atoms with Crippen molar-refractivity contribution in [3.63, 3.8) is 0 Å². The van der Waals surface area contributed by atoms with E-state index in [9.17, 15) is 4.79 Å². The van der Waals surface area contributed by atoms with E-state index in [1.54, 1.807) is 30.1 Å². The molecule has 2 aromatic heterocycles. The van der Waals surface area contributed by atoms with Crippen molar-refractivity contribution in [3.05, 3.63) is 40.5 Å². The molecule has 0 atom stereocenters. The minimum absolute atomic E-state index is 0.240. The summed E-state index contributed by atoms with van der Waals surface area (Å²) in [4.78, 5) is 16.8. The average Bonchev–Trinajstić information content (AvgIpc) is 3.23. The first-order valence-electron chi connectivity index (χ1n) is 7.81. The summed E-state index contributed by atoms with van der Waals surface area (Å²) in [5.41, 5.74) is 1.55. The highest BCUT2D eigenvalue weighted by atomic mass is 35.5. The highest BCUT2D eigenvalue weighted by Crippen LogP contribution is 2.31. The molecule has 1 N–H and O–H groups in total. The zero-order valence-corrected chi connectivity index (χ0v) is 16.4. The van der Waals surface area contributed by atoms with Crippen LogP contribution in [0.4, 0.5) is 5.13 Å². The number of nitrogens with zero attached hydrogens (tertiary/aromatic N) is 4. The molecule has 1 amide bonds. The third-order valence-electron chi connectivity index (χ3n) is 3.59. The van der Waals surface area contributed by atoms with E-state index < -0.39 is 0 Å². The minimum atomic E-state index is -0.353. The molecule has 3 aromatic rings. The van der Waals surface area contributed by atoms with Crippen molar-refractivity contribution in [3.8, 4) is 17.0 Å². The number of nitrogens with one attached hydrogen (secondary N) is 1. The summed E-state index contributed by atoms with van der Waals surface area (Å²) < 4.78 is 6.79. The molecule has 1 aromatic carbocycles. The lowest BCUT2D eigenvalue weighted by molar-refractivity contribution is 0.102. The lowest BCUT2D eigenvalue weighted by Gasteiger charge is -2.17. The van der Waals surface area contributed by atoms with E-state index in [0.29, 0.717) is 21.6 Å². The Labute approximate surface area is 160 Å². The molecule has 2 heterocycles. The van der Waals surface area contributed by atoms with Crippen LogP contribution in [0, 0.1) is 0 Å². The van der Waals surface area contributed by atoms with Crippen LogP contribution < -0.4 is 10.1 Å². The predicted molar refractivity (Wildman–Crippen MR) is 102 cm³/mol. The van der Waals surface area contributed by atoms with E-state index in [0.717, 1.165) is 5.56 Å². The maximum Gasteiger partial charge on any atom is 0.279 e. The predicted octanol–water partition coefficient (Wildman–Crippen LogP) is 4.07. The largest absolute Gasteiger partial charge is 0.495 e. The summed E-state index contributed by atoms with van der Waals surface area (Å²) >= 11 is 7.48. The van der Waals surface area contributed by atoms with E-state index in [4.69, 9.17) is 16.3 Å². The zero-order valence-electron chi connectivity index (χ0n) is 14.8. The molecule has 0 saturated carbocycles. The van der Waals surface area contributed by atoms with E-state index in [2.05, 4.69) is 20.6 Å². The SMILES string of the molecule is COc1ccc(-c2csc(NC(=O)c3cn(C(C)(C)C)nn3)n2)cc1Cl. The minimum Gasteiger partial charge on any atom is -0.495 e. The quantitative estimate of drug-likeness (QED) is 0.724. The van der Waals surface area contributed by atoms with Crippen LogP contribution in [0.1, 0.15) is 31.3 Å². The van der Waals surface area contributed by atoms with Gasteiger partial charge in [0.05, 0.1) is 29.6 Å². The lowest BCUT2D eigenvalue weighted by Crippen LogP contribution is -2.22. The lowest BCUT2D eigenvalue weighted by atomic mass is 10.1. The van der Waals surface area contributed by atoms with Crippen LogP contribution in [-0.2, 0) is 5.54 Å². The number of amides is 1. The molecule has 0 bridgehead atoms. The van der Waals surface area contributed by atoms with Crippen LogP contribution in [0.15, 0.2) is 29.8 Å². The molecule has 0 saturated heterocycles. The summed E-state index contributed by atoms with van der Waals surface area (Å²) in [6, 6.07) is 5.41. The molecule has 0 aliphatic heterocycles. The van der Waals surface area contributed by atoms with Crippen LogP contribution in [-0.4, -0.2) is 33.0 Å². The fraction of sp³-hybridized carbons (Fsp3) is 0.294. The van der Waals surface area contributed by atoms with Gasteiger partial charge >= 0.3 is 0 Å². The van der Waals surface area contributed by atoms with Crippen molar-refractivity contribution >= 4 is 34.0 Å². The van der Waals surface area contributed by atoms with Gasteiger partial charge in [-0.1, -0.05) is 16.8 Å². The fourth-order valence-electron chi connectivity index (χ4n) is 2.15. The number of carbonyl (C=O) groups is 1. The molecule has 0 radical (unpaired) electrons. The smallest absolute Gasteiger partial charge is 0.279 e. The number of aromatic nitrogens is 4. The van der Waals surface area contributed by atoms with Crippen LogP contribution in [0.3, 0.4) is 0 Å². The van der Waals surface area contributed by atoms with Gasteiger partial charge in [0.25, 0.3) is 5.91 Å². The van der Waals surface area contributed by atoms with E-state index in [-0.39, 0.29) is 17.1 Å². The summed E-state index contributed by atoms with van der Waals surface area (Å²) in [5.74, 6) is 0.246. The summed E-state index contributed by atoms with van der Waals surface area (Å²) in [6.45, 7) is 5.95. The van der Waals surface area contributed by atoms with Crippen molar-refractivity contribution in [2.45, 2.75) is 26.3 Å². The first-order chi connectivity index (χ1) is 12.3. The molecular formula is C17H18ClN5O2S. The molecule has 0 spiro atoms. The Morgan fingerprint density at radius 3 is 2.73 bits per heavy atom. The second-order valence-electron chi connectivity index (χ2n) is 6.56. The standard InChI is InChI=1S/C17H18ClN5O2S/c1-17(2,3)23-8-12(21-22-23)15(24)20-16-19-13(9-26-16)10-5-6-14(25-4)11(18)7-10/h5-9H,1-4H3,(H,19,20,24). The number of rotatable bonds is 4. The Morgan fingerprint density at radius 1 is 1.35 bits per heavy atom. The van der Waals surface area contributed by atoms with Gasteiger partial charge in [0.2, 0.25) is 0 Å². The molecule has 26 heavy (non-hydrogen) atoms. The maximum absolute atomic E-state index is 12.3. The van der Waals surface area contributed by atoms with Gasteiger partial charge < -0.3 is 4.74 Å². The first-order valence-corrected chi connectivity index (χ1v) is 9.07. The highest BCUT2D eigenvalue weighted by Gasteiger charge is 2.19. The van der Waals surface area contributed by atoms with Crippen LogP contribution in [0.5, 0.6) is 5.75 Å². The van der Waals surface area contributed by atoms with Crippen LogP contribution in [0.2, 0.25) is 5.02 Å². The van der Waals surface area contributed by atoms with Crippen molar-refractivity contribution in [2.75, 3.05) is 12.4 Å². The Bertz CT molecular complexity index is 945. The molecule has 0 unspecified atom stereocenters. The molecule has 9 heteroatoms. The molecule has 3 rings (SSSR count). The molecule has 0 aliphatic carbocycles. The summed E-state index contributed by atoms with van der Waals surface area (Å²) in [6.07, 6.45) is 1.62. The molecule has 7 nitrogen and oxygen atoms in total. The van der Waals surface area contributed by atoms with Crippen molar-refractivity contribution in [1.29, 1.82) is 0 Å². The van der Waals surface area contributed by atoms with Crippen molar-refractivity contribution in [2.24, 2.45) is 0 Å². The van der Waals surface area contributed by atoms with Crippen molar-refractivity contribution < 1.29 is 9.53 Å². The monoisotopic (exact) mass is 391 g/mol. The van der Waals surface area contributed by atoms with Gasteiger partial charge in [0.15, 0.2) is 10.8 Å². The topological polar surface area (TPSA) is 81.9 Å². The summed E-state index contributed by atoms with van der Waals surface area (Å²) in [7, 11) is 1.56. The number of thiazole rings is 1. The number of methoxy groups -OCH3 is 1. The number of hydrogen-bond donors (Lipinski definition) is 1. The molecule has 0 aliphatic rings. The zero-order chi connectivity index (χ0) is 18.9. The van der Waals surface area contributed by atoms with Gasteiger partial charge in [0.1, 0.15) is 5.75 Å². The second-order valence-corrected chi connectivity index (χ2v) is 7.83. The maximum atomic E-state index is 12.3. The number of ether oxygens (including phenoxy) is 1. The summed E-state index contributed by atoms with van der Waals surface area (Å²) in [5, 5.41) is 13.5. The Hall–Kier alpha value is -2.45. The molecule has 0 fully saturated rings. The highest BCUT2D eigenvalue weighted by molar-refractivity contribution is 7.14. The average molecular weight is 392 g/mol. The first kappa shape index (κ1) is 18.3. The number of carbonyl (C=O) groups excluding carboxylic acids is 1. The van der Waals surface area contributed by atoms with Gasteiger partial charge in [-0.05, 0) is 39.0 Å². The van der Waals surface area contributed by atoms with Gasteiger partial charge in [-0.3, -0.25) is 10.1 Å². The Kier molecular flexibility index (Phi) is 4.97. The Balaban J connectivity index is 1.75. The number of anilines is 1. The van der Waals surface area contributed by atoms with Crippen LogP contribution in [0.25, 0.3) is 11.3 Å². The van der Waals surface area contributed by atoms with Gasteiger partial charge in [-0.25, -0.2) is 9.67 Å². The second kappa shape index (κ2) is 7.05. The molecule has 136 valence electrons. The molecular weight excluding hydrogens is 374 g/mol. The third-order valence-corrected chi connectivity index (χ3v) is 4.64. The van der Waals surface area contributed by atoms with E-state index >= 15 is 0 Å². The van der Waals surface area contributed by atoms with E-state index in [1.807, 2.05) is 32.2 Å². The number of benzene rings is 1. The van der Waals surface area contributed by atoms with Gasteiger partial charge in [0, 0.05) is 10.9 Å². The number of hydrogen-bond acceptors (Lipinski definition) is 6. The normalized spacial score (nSPS) is 11.4. The number of halogens is 1. The van der Waals surface area contributed by atoms with E-state index in [1.165, 1.54) is 11.3 Å². The fourth-order valence-corrected chi connectivity index (χ4v) is 3.12. The Morgan fingerprint density at radius 2 is 2.12 bits per heavy atom. The third kappa shape index (κ3) is 3.86. The van der Waals surface area contributed by atoms with Gasteiger partial charge in [-0.2, -0.15) is 0 Å². The van der Waals surface area contributed by atoms with Crippen molar-refractivity contribution in [1.82, 2.24) is 20.0 Å².